The fourth-order valence-corrected chi connectivity index (χ4v) is 2.05. The molecule has 14 heavy (non-hydrogen) atoms. The van der Waals surface area contributed by atoms with Gasteiger partial charge in [-0.2, -0.15) is 0 Å². The van der Waals surface area contributed by atoms with Crippen LogP contribution >= 0.6 is 11.3 Å². The second-order valence-corrected chi connectivity index (χ2v) is 3.65. The summed E-state index contributed by atoms with van der Waals surface area (Å²) in [5.41, 5.74) is 0. The summed E-state index contributed by atoms with van der Waals surface area (Å²) in [6, 6.07) is 7.64. The fraction of sp³-hybridized carbons (Fsp3) is 0.100. The van der Waals surface area contributed by atoms with Crippen molar-refractivity contribution in [3.63, 3.8) is 0 Å². The van der Waals surface area contributed by atoms with Gasteiger partial charge in [0.1, 0.15) is 0 Å². The van der Waals surface area contributed by atoms with E-state index < -0.39 is 6.09 Å². The van der Waals surface area contributed by atoms with Gasteiger partial charge >= 0.3 is 6.09 Å². The van der Waals surface area contributed by atoms with E-state index in [4.69, 9.17) is 4.74 Å². The van der Waals surface area contributed by atoms with Crippen LogP contribution in [-0.4, -0.2) is 13.1 Å². The van der Waals surface area contributed by atoms with Crippen LogP contribution in [0.1, 0.15) is 0 Å². The average Bonchev–Trinajstić information content (AvgIpc) is 2.66. The number of rotatable bonds is 1. The fourth-order valence-electron chi connectivity index (χ4n) is 1.20. The van der Waals surface area contributed by atoms with Crippen molar-refractivity contribution >= 4 is 27.5 Å². The molecule has 0 aliphatic heterocycles. The van der Waals surface area contributed by atoms with E-state index in [9.17, 15) is 4.79 Å². The smallest absolute Gasteiger partial charge is 0.409 e. The van der Waals surface area contributed by atoms with Crippen molar-refractivity contribution in [3.8, 4) is 5.75 Å². The lowest BCUT2D eigenvalue weighted by Gasteiger charge is -2.03. The molecule has 4 heteroatoms. The zero-order valence-electron chi connectivity index (χ0n) is 7.61. The van der Waals surface area contributed by atoms with Gasteiger partial charge in [0, 0.05) is 7.05 Å². The maximum Gasteiger partial charge on any atom is 0.412 e. The van der Waals surface area contributed by atoms with Crippen molar-refractivity contribution in [3.05, 3.63) is 29.6 Å². The Bertz CT molecular complexity index is 464. The minimum Gasteiger partial charge on any atom is -0.409 e. The van der Waals surface area contributed by atoms with E-state index in [0.717, 1.165) is 10.1 Å². The first-order chi connectivity index (χ1) is 6.81. The summed E-state index contributed by atoms with van der Waals surface area (Å²) in [6.45, 7) is 0. The SMILES string of the molecule is CNC(=O)Oc1cccc2ccsc12. The van der Waals surface area contributed by atoms with Crippen molar-refractivity contribution in [2.75, 3.05) is 7.05 Å². The van der Waals surface area contributed by atoms with Gasteiger partial charge in [-0.25, -0.2) is 4.79 Å². The molecule has 0 spiro atoms. The van der Waals surface area contributed by atoms with Crippen LogP contribution in [0, 0.1) is 0 Å². The number of thiophene rings is 1. The second kappa shape index (κ2) is 3.67. The van der Waals surface area contributed by atoms with Crippen LogP contribution in [0.5, 0.6) is 5.75 Å². The number of carbonyl (C=O) groups is 1. The Morgan fingerprint density at radius 1 is 1.43 bits per heavy atom. The monoisotopic (exact) mass is 207 g/mol. The molecule has 0 bridgehead atoms. The summed E-state index contributed by atoms with van der Waals surface area (Å²) in [7, 11) is 1.54. The first-order valence-electron chi connectivity index (χ1n) is 4.17. The van der Waals surface area contributed by atoms with Crippen molar-refractivity contribution in [2.24, 2.45) is 0 Å². The molecule has 0 unspecified atom stereocenters. The molecule has 1 heterocycles. The Labute approximate surface area is 85.3 Å². The molecule has 3 nitrogen and oxygen atoms in total. The lowest BCUT2D eigenvalue weighted by Crippen LogP contribution is -2.21. The number of benzene rings is 1. The zero-order valence-corrected chi connectivity index (χ0v) is 8.43. The summed E-state index contributed by atoms with van der Waals surface area (Å²) in [5.74, 6) is 0.608. The Kier molecular flexibility index (Phi) is 2.37. The summed E-state index contributed by atoms with van der Waals surface area (Å²) < 4.78 is 6.09. The van der Waals surface area contributed by atoms with Crippen LogP contribution in [0.15, 0.2) is 29.6 Å². The highest BCUT2D eigenvalue weighted by molar-refractivity contribution is 7.17. The second-order valence-electron chi connectivity index (χ2n) is 2.73. The lowest BCUT2D eigenvalue weighted by molar-refractivity contribution is 0.203. The highest BCUT2D eigenvalue weighted by atomic mass is 32.1. The molecule has 72 valence electrons. The third-order valence-electron chi connectivity index (χ3n) is 1.85. The van der Waals surface area contributed by atoms with Crippen LogP contribution in [0.25, 0.3) is 10.1 Å². The zero-order chi connectivity index (χ0) is 9.97. The standard InChI is InChI=1S/C10H9NO2S/c1-11-10(12)13-8-4-2-3-7-5-6-14-9(7)8/h2-6H,1H3,(H,11,12). The first-order valence-corrected chi connectivity index (χ1v) is 5.05. The molecule has 0 aliphatic carbocycles. The Morgan fingerprint density at radius 3 is 3.07 bits per heavy atom. The van der Waals surface area contributed by atoms with Crippen molar-refractivity contribution in [1.29, 1.82) is 0 Å². The lowest BCUT2D eigenvalue weighted by atomic mass is 10.2. The summed E-state index contributed by atoms with van der Waals surface area (Å²) in [5, 5.41) is 5.48. The van der Waals surface area contributed by atoms with Crippen molar-refractivity contribution < 1.29 is 9.53 Å². The third kappa shape index (κ3) is 1.56. The van der Waals surface area contributed by atoms with Gasteiger partial charge in [-0.05, 0) is 22.9 Å². The van der Waals surface area contributed by atoms with Gasteiger partial charge in [0.05, 0.1) is 4.70 Å². The van der Waals surface area contributed by atoms with Gasteiger partial charge < -0.3 is 10.1 Å². The van der Waals surface area contributed by atoms with Crippen LogP contribution in [0.2, 0.25) is 0 Å². The average molecular weight is 207 g/mol. The Morgan fingerprint density at radius 2 is 2.29 bits per heavy atom. The molecule has 1 N–H and O–H groups in total. The highest BCUT2D eigenvalue weighted by Crippen LogP contribution is 2.30. The molecule has 1 aromatic carbocycles. The maximum atomic E-state index is 11.0. The number of nitrogens with one attached hydrogen (secondary N) is 1. The molecule has 2 rings (SSSR count). The van der Waals surface area contributed by atoms with Crippen molar-refractivity contribution in [2.45, 2.75) is 0 Å². The first kappa shape index (κ1) is 9.02. The molecular weight excluding hydrogens is 198 g/mol. The number of hydrogen-bond acceptors (Lipinski definition) is 3. The van der Waals surface area contributed by atoms with Gasteiger partial charge in [-0.1, -0.05) is 12.1 Å². The van der Waals surface area contributed by atoms with Gasteiger partial charge in [0.25, 0.3) is 0 Å². The van der Waals surface area contributed by atoms with Crippen LogP contribution in [-0.2, 0) is 0 Å². The minimum atomic E-state index is -0.439. The Balaban J connectivity index is 2.41. The molecule has 1 amide bonds. The molecule has 0 fully saturated rings. The van der Waals surface area contributed by atoms with E-state index in [0.29, 0.717) is 5.75 Å². The minimum absolute atomic E-state index is 0.439. The molecule has 1 aromatic heterocycles. The van der Waals surface area contributed by atoms with Gasteiger partial charge in [0.15, 0.2) is 5.75 Å². The highest BCUT2D eigenvalue weighted by Gasteiger charge is 2.06. The summed E-state index contributed by atoms with van der Waals surface area (Å²) in [4.78, 5) is 11.0. The molecule has 0 radical (unpaired) electrons. The van der Waals surface area contributed by atoms with E-state index in [1.54, 1.807) is 17.4 Å². The van der Waals surface area contributed by atoms with Gasteiger partial charge in [-0.3, -0.25) is 0 Å². The number of amides is 1. The van der Waals surface area contributed by atoms with Gasteiger partial charge in [0.2, 0.25) is 0 Å². The van der Waals surface area contributed by atoms with E-state index in [1.807, 2.05) is 23.6 Å². The molecule has 0 atom stereocenters. The third-order valence-corrected chi connectivity index (χ3v) is 2.79. The molecule has 0 saturated carbocycles. The number of carbonyl (C=O) groups excluding carboxylic acids is 1. The molecule has 2 aromatic rings. The molecule has 0 aliphatic rings. The largest absolute Gasteiger partial charge is 0.412 e. The summed E-state index contributed by atoms with van der Waals surface area (Å²) in [6.07, 6.45) is -0.439. The number of fused-ring (bicyclic) bond motifs is 1. The van der Waals surface area contributed by atoms with Crippen LogP contribution in [0.4, 0.5) is 4.79 Å². The number of ether oxygens (including phenoxy) is 1. The van der Waals surface area contributed by atoms with Gasteiger partial charge in [-0.15, -0.1) is 11.3 Å². The number of hydrogen-bond donors (Lipinski definition) is 1. The normalized spacial score (nSPS) is 10.1. The summed E-state index contributed by atoms with van der Waals surface area (Å²) >= 11 is 1.56. The molecule has 0 saturated heterocycles. The quantitative estimate of drug-likeness (QED) is 0.780. The van der Waals surface area contributed by atoms with E-state index in [2.05, 4.69) is 5.32 Å². The van der Waals surface area contributed by atoms with E-state index in [1.165, 1.54) is 7.05 Å². The van der Waals surface area contributed by atoms with E-state index in [-0.39, 0.29) is 0 Å². The predicted molar refractivity (Wildman–Crippen MR) is 56.9 cm³/mol. The van der Waals surface area contributed by atoms with Crippen LogP contribution in [0.3, 0.4) is 0 Å². The predicted octanol–water partition coefficient (Wildman–Crippen LogP) is 2.62. The van der Waals surface area contributed by atoms with Crippen LogP contribution < -0.4 is 10.1 Å². The van der Waals surface area contributed by atoms with E-state index >= 15 is 0 Å². The van der Waals surface area contributed by atoms with Crippen molar-refractivity contribution in [1.82, 2.24) is 5.32 Å². The Hall–Kier alpha value is -1.55. The molecular formula is C10H9NO2S. The maximum absolute atomic E-state index is 11.0. The topological polar surface area (TPSA) is 38.3 Å².